The Morgan fingerprint density at radius 1 is 0.442 bits per heavy atom. The fraction of sp³-hybridized carbons (Fsp3) is 0.200. The van der Waals surface area contributed by atoms with Gasteiger partial charge in [-0.1, -0.05) is 103 Å². The van der Waals surface area contributed by atoms with E-state index in [-0.39, 0.29) is 5.41 Å². The lowest BCUT2D eigenvalue weighted by Gasteiger charge is -2.61. The summed E-state index contributed by atoms with van der Waals surface area (Å²) in [4.78, 5) is 2.52. The minimum atomic E-state index is 0.120. The van der Waals surface area contributed by atoms with Crippen LogP contribution in [0.25, 0.3) is 49.4 Å². The topological polar surface area (TPSA) is 8.17 Å². The summed E-state index contributed by atoms with van der Waals surface area (Å²) in [5, 5.41) is 5.10. The van der Waals surface area contributed by atoms with Gasteiger partial charge in [-0.25, -0.2) is 0 Å². The summed E-state index contributed by atoms with van der Waals surface area (Å²) < 4.78 is 2.44. The van der Waals surface area contributed by atoms with Gasteiger partial charge in [-0.3, -0.25) is 0 Å². The summed E-state index contributed by atoms with van der Waals surface area (Å²) in [5.74, 6) is 3.30. The van der Waals surface area contributed by atoms with Gasteiger partial charge in [0.2, 0.25) is 0 Å². The van der Waals surface area contributed by atoms with E-state index in [9.17, 15) is 0 Å². The highest BCUT2D eigenvalue weighted by Crippen LogP contribution is 2.69. The van der Waals surface area contributed by atoms with Crippen LogP contribution in [-0.2, 0) is 5.41 Å². The molecule has 0 amide bonds. The zero-order chi connectivity index (χ0) is 34.0. The molecule has 4 bridgehead atoms. The summed E-state index contributed by atoms with van der Waals surface area (Å²) in [6.45, 7) is 0. The minimum Gasteiger partial charge on any atom is -0.310 e. The van der Waals surface area contributed by atoms with Gasteiger partial charge in [-0.05, 0) is 143 Å². The van der Waals surface area contributed by atoms with Gasteiger partial charge in [-0.2, -0.15) is 0 Å². The van der Waals surface area contributed by atoms with Gasteiger partial charge in [0.25, 0.3) is 0 Å². The number of benzene rings is 7. The van der Waals surface area contributed by atoms with Gasteiger partial charge in [0.15, 0.2) is 0 Å². The monoisotopic (exact) mass is 668 g/mol. The van der Waals surface area contributed by atoms with Crippen molar-refractivity contribution < 1.29 is 0 Å². The zero-order valence-corrected chi connectivity index (χ0v) is 29.3. The van der Waals surface area contributed by atoms with Gasteiger partial charge >= 0.3 is 0 Å². The van der Waals surface area contributed by atoms with Crippen LogP contribution in [0, 0.1) is 23.7 Å². The number of para-hydroxylation sites is 2. The molecular formula is C50H40N2. The van der Waals surface area contributed by atoms with Crippen molar-refractivity contribution in [1.29, 1.82) is 0 Å². The van der Waals surface area contributed by atoms with Crippen molar-refractivity contribution in [3.8, 4) is 16.8 Å². The van der Waals surface area contributed by atoms with E-state index in [1.807, 2.05) is 0 Å². The Hall–Kier alpha value is -5.60. The van der Waals surface area contributed by atoms with E-state index >= 15 is 0 Å². The molecule has 2 nitrogen and oxygen atoms in total. The Labute approximate surface area is 305 Å². The van der Waals surface area contributed by atoms with Crippen molar-refractivity contribution in [2.75, 3.05) is 4.90 Å². The first-order valence-electron chi connectivity index (χ1n) is 19.4. The summed E-state index contributed by atoms with van der Waals surface area (Å²) in [6.07, 6.45) is 7.02. The third-order valence-corrected chi connectivity index (χ3v) is 13.7. The number of hydrogen-bond donors (Lipinski definition) is 0. The van der Waals surface area contributed by atoms with Crippen molar-refractivity contribution in [1.82, 2.24) is 4.57 Å². The highest BCUT2D eigenvalue weighted by atomic mass is 15.1. The van der Waals surface area contributed by atoms with E-state index in [1.165, 1.54) is 98.6 Å². The molecule has 0 saturated heterocycles. The predicted octanol–water partition coefficient (Wildman–Crippen LogP) is 13.1. The molecule has 1 heterocycles. The van der Waals surface area contributed by atoms with Crippen molar-refractivity contribution in [2.24, 2.45) is 23.7 Å². The Kier molecular flexibility index (Phi) is 5.98. The molecular weight excluding hydrogens is 629 g/mol. The van der Waals surface area contributed by atoms with Gasteiger partial charge in [0, 0.05) is 38.9 Å². The average molecular weight is 669 g/mol. The molecule has 4 fully saturated rings. The van der Waals surface area contributed by atoms with Crippen LogP contribution in [-0.4, -0.2) is 4.57 Å². The quantitative estimate of drug-likeness (QED) is 0.181. The van der Waals surface area contributed by atoms with Crippen molar-refractivity contribution in [3.05, 3.63) is 169 Å². The first-order chi connectivity index (χ1) is 25.7. The molecule has 52 heavy (non-hydrogen) atoms. The number of aromatic nitrogens is 1. The van der Waals surface area contributed by atoms with Crippen LogP contribution in [0.1, 0.15) is 43.2 Å². The second-order valence-corrected chi connectivity index (χ2v) is 16.2. The van der Waals surface area contributed by atoms with Gasteiger partial charge in [-0.15, -0.1) is 0 Å². The van der Waals surface area contributed by atoms with E-state index in [2.05, 4.69) is 167 Å². The fourth-order valence-corrected chi connectivity index (χ4v) is 12.0. The van der Waals surface area contributed by atoms with Gasteiger partial charge in [0.1, 0.15) is 0 Å². The molecule has 0 radical (unpaired) electrons. The largest absolute Gasteiger partial charge is 0.310 e. The maximum absolute atomic E-state index is 2.62. The normalized spacial score (nSPS) is 23.8. The molecule has 1 aromatic heterocycles. The lowest BCUT2D eigenvalue weighted by molar-refractivity contribution is -0.0399. The molecule has 0 aliphatic heterocycles. The predicted molar refractivity (Wildman–Crippen MR) is 216 cm³/mol. The standard InChI is InChI=1S/C50H40N2/c1-2-11-35-29-40(21-20-34(35)10-1)51(38-12-9-13-39(30-38)52-48-18-7-4-15-44(48)45-16-5-8-19-49(45)52)41-22-23-43-42-14-3-6-17-46(42)50(47(43)31-41)36-25-32-24-33(27-36)28-37(50)26-32/h1-23,29-33,36-37H,24-28H2. The number of nitrogens with zero attached hydrogens (tertiary/aromatic N) is 2. The van der Waals surface area contributed by atoms with E-state index in [1.54, 1.807) is 11.1 Å². The SMILES string of the molecule is c1cc(N(c2ccc3c(c2)C2(c4ccccc4-3)C3CC4CC(C3)CC2C4)c2ccc3ccccc3c2)cc(-n2c3ccccc3c3ccccc32)c1. The van der Waals surface area contributed by atoms with E-state index in [4.69, 9.17) is 0 Å². The maximum Gasteiger partial charge on any atom is 0.0541 e. The molecule has 250 valence electrons. The first kappa shape index (κ1) is 29.0. The Morgan fingerprint density at radius 3 is 1.81 bits per heavy atom. The van der Waals surface area contributed by atoms with Gasteiger partial charge < -0.3 is 9.47 Å². The first-order valence-corrected chi connectivity index (χ1v) is 19.4. The number of fused-ring (bicyclic) bond motifs is 7. The molecule has 0 unspecified atom stereocenters. The van der Waals surface area contributed by atoms with Crippen LogP contribution in [0.15, 0.2) is 158 Å². The van der Waals surface area contributed by atoms with E-state index < -0.39 is 0 Å². The smallest absolute Gasteiger partial charge is 0.0541 e. The van der Waals surface area contributed by atoms with Gasteiger partial charge in [0.05, 0.1) is 11.0 Å². The second kappa shape index (κ2) is 10.7. The van der Waals surface area contributed by atoms with Crippen molar-refractivity contribution in [2.45, 2.75) is 37.5 Å². The molecule has 0 atom stereocenters. The fourth-order valence-electron chi connectivity index (χ4n) is 12.0. The molecule has 0 N–H and O–H groups in total. The zero-order valence-electron chi connectivity index (χ0n) is 29.3. The Balaban J connectivity index is 1.08. The molecule has 5 aliphatic rings. The summed E-state index contributed by atoms with van der Waals surface area (Å²) in [5.41, 5.74) is 13.5. The van der Waals surface area contributed by atoms with Crippen LogP contribution in [0.2, 0.25) is 0 Å². The molecule has 5 aliphatic carbocycles. The lowest BCUT2D eigenvalue weighted by atomic mass is 9.43. The summed E-state index contributed by atoms with van der Waals surface area (Å²) in [6, 6.07) is 59.5. The minimum absolute atomic E-state index is 0.120. The summed E-state index contributed by atoms with van der Waals surface area (Å²) in [7, 11) is 0. The third kappa shape index (κ3) is 3.90. The van der Waals surface area contributed by atoms with Crippen LogP contribution in [0.3, 0.4) is 0 Å². The Bertz CT molecular complexity index is 2650. The molecule has 13 rings (SSSR count). The van der Waals surface area contributed by atoms with Crippen molar-refractivity contribution in [3.63, 3.8) is 0 Å². The molecule has 8 aromatic rings. The third-order valence-electron chi connectivity index (χ3n) is 13.7. The van der Waals surface area contributed by atoms with Crippen LogP contribution < -0.4 is 4.90 Å². The number of hydrogen-bond acceptors (Lipinski definition) is 1. The molecule has 2 heteroatoms. The maximum atomic E-state index is 2.62. The van der Waals surface area contributed by atoms with E-state index in [0.717, 1.165) is 23.7 Å². The summed E-state index contributed by atoms with van der Waals surface area (Å²) >= 11 is 0. The Morgan fingerprint density at radius 2 is 1.04 bits per heavy atom. The molecule has 4 saturated carbocycles. The lowest BCUT2D eigenvalue weighted by Crippen LogP contribution is -2.55. The number of anilines is 3. The average Bonchev–Trinajstić information content (AvgIpc) is 3.68. The number of rotatable bonds is 4. The highest BCUT2D eigenvalue weighted by molar-refractivity contribution is 6.09. The van der Waals surface area contributed by atoms with Crippen LogP contribution in [0.4, 0.5) is 17.1 Å². The molecule has 1 spiro atoms. The van der Waals surface area contributed by atoms with E-state index in [0.29, 0.717) is 0 Å². The van der Waals surface area contributed by atoms with Crippen molar-refractivity contribution >= 4 is 49.6 Å². The molecule has 7 aromatic carbocycles. The van der Waals surface area contributed by atoms with Crippen LogP contribution in [0.5, 0.6) is 0 Å². The van der Waals surface area contributed by atoms with Crippen LogP contribution >= 0.6 is 0 Å². The highest BCUT2D eigenvalue weighted by Gasteiger charge is 2.61. The second-order valence-electron chi connectivity index (χ2n) is 16.2.